The first-order valence-electron chi connectivity index (χ1n) is 6.78. The van der Waals surface area contributed by atoms with E-state index in [2.05, 4.69) is 12.2 Å². The Labute approximate surface area is 135 Å². The van der Waals surface area contributed by atoms with Crippen molar-refractivity contribution in [1.82, 2.24) is 0 Å². The van der Waals surface area contributed by atoms with Crippen LogP contribution in [0.2, 0.25) is 10.0 Å². The summed E-state index contributed by atoms with van der Waals surface area (Å²) in [5.41, 5.74) is 8.07. The highest BCUT2D eigenvalue weighted by molar-refractivity contribution is 6.42. The second-order valence-electron chi connectivity index (χ2n) is 4.84. The molecule has 0 spiro atoms. The molecule has 0 saturated heterocycles. The van der Waals surface area contributed by atoms with Gasteiger partial charge in [-0.15, -0.1) is 0 Å². The van der Waals surface area contributed by atoms with Crippen LogP contribution in [-0.2, 0) is 0 Å². The molecule has 0 heterocycles. The molecule has 21 heavy (non-hydrogen) atoms. The van der Waals surface area contributed by atoms with Crippen LogP contribution in [0, 0.1) is 0 Å². The topological polar surface area (TPSA) is 47.3 Å². The van der Waals surface area contributed by atoms with Crippen molar-refractivity contribution < 1.29 is 4.74 Å². The Bertz CT molecular complexity index is 632. The van der Waals surface area contributed by atoms with Crippen molar-refractivity contribution in [3.63, 3.8) is 0 Å². The molecule has 0 radical (unpaired) electrons. The number of halogens is 2. The molecule has 0 amide bonds. The lowest BCUT2D eigenvalue weighted by Crippen LogP contribution is -2.09. The lowest BCUT2D eigenvalue weighted by Gasteiger charge is -2.15. The van der Waals surface area contributed by atoms with E-state index in [4.69, 9.17) is 33.7 Å². The largest absolute Gasteiger partial charge is 0.491 e. The Morgan fingerprint density at radius 3 is 2.62 bits per heavy atom. The maximum absolute atomic E-state index is 6.02. The lowest BCUT2D eigenvalue weighted by molar-refractivity contribution is 0.217. The van der Waals surface area contributed by atoms with Gasteiger partial charge in [-0.2, -0.15) is 0 Å². The van der Waals surface area contributed by atoms with Crippen LogP contribution in [-0.4, -0.2) is 6.10 Å². The first kappa shape index (κ1) is 15.8. The summed E-state index contributed by atoms with van der Waals surface area (Å²) in [7, 11) is 0. The Kier molecular flexibility index (Phi) is 5.21. The summed E-state index contributed by atoms with van der Waals surface area (Å²) >= 11 is 11.9. The number of rotatable bonds is 5. The standard InChI is InChI=1S/C16H18Cl2N2O/c1-3-10(2)21-12-6-4-5-11(7-12)20-16-9-14(18)13(17)8-15(16)19/h4-10,20H,3,19H2,1-2H3. The summed E-state index contributed by atoms with van der Waals surface area (Å²) in [5.74, 6) is 0.813. The van der Waals surface area contributed by atoms with Gasteiger partial charge in [-0.25, -0.2) is 0 Å². The van der Waals surface area contributed by atoms with E-state index in [0.717, 1.165) is 17.9 Å². The van der Waals surface area contributed by atoms with Crippen LogP contribution in [0.25, 0.3) is 0 Å². The van der Waals surface area contributed by atoms with Gasteiger partial charge in [0.25, 0.3) is 0 Å². The fourth-order valence-corrected chi connectivity index (χ4v) is 2.12. The van der Waals surface area contributed by atoms with Crippen molar-refractivity contribution in [3.05, 3.63) is 46.4 Å². The molecular formula is C16H18Cl2N2O. The predicted octanol–water partition coefficient (Wildman–Crippen LogP) is 5.50. The van der Waals surface area contributed by atoms with Crippen molar-refractivity contribution in [3.8, 4) is 5.75 Å². The number of hydrogen-bond donors (Lipinski definition) is 2. The van der Waals surface area contributed by atoms with Crippen LogP contribution in [0.15, 0.2) is 36.4 Å². The smallest absolute Gasteiger partial charge is 0.121 e. The van der Waals surface area contributed by atoms with Gasteiger partial charge in [0, 0.05) is 11.8 Å². The molecule has 2 aromatic carbocycles. The van der Waals surface area contributed by atoms with Crippen molar-refractivity contribution in [2.75, 3.05) is 11.1 Å². The minimum Gasteiger partial charge on any atom is -0.491 e. The third-order valence-corrected chi connectivity index (χ3v) is 3.84. The summed E-state index contributed by atoms with van der Waals surface area (Å²) in [6.07, 6.45) is 1.13. The SMILES string of the molecule is CCC(C)Oc1cccc(Nc2cc(Cl)c(Cl)cc2N)c1. The fourth-order valence-electron chi connectivity index (χ4n) is 1.79. The van der Waals surface area contributed by atoms with Gasteiger partial charge in [0.1, 0.15) is 5.75 Å². The molecule has 1 atom stereocenters. The van der Waals surface area contributed by atoms with Crippen LogP contribution in [0.3, 0.4) is 0 Å². The third-order valence-electron chi connectivity index (χ3n) is 3.12. The van der Waals surface area contributed by atoms with E-state index < -0.39 is 0 Å². The predicted molar refractivity (Wildman–Crippen MR) is 91.0 cm³/mol. The number of nitrogens with one attached hydrogen (secondary N) is 1. The molecule has 2 rings (SSSR count). The van der Waals surface area contributed by atoms with E-state index in [1.54, 1.807) is 12.1 Å². The average Bonchev–Trinajstić information content (AvgIpc) is 2.45. The molecule has 1 unspecified atom stereocenters. The zero-order valence-electron chi connectivity index (χ0n) is 12.0. The molecule has 0 bridgehead atoms. The van der Waals surface area contributed by atoms with Crippen molar-refractivity contribution >= 4 is 40.3 Å². The minimum absolute atomic E-state index is 0.176. The lowest BCUT2D eigenvalue weighted by atomic mass is 10.2. The number of anilines is 3. The summed E-state index contributed by atoms with van der Waals surface area (Å²) in [6.45, 7) is 4.13. The van der Waals surface area contributed by atoms with Crippen LogP contribution >= 0.6 is 23.2 Å². The molecule has 3 nitrogen and oxygen atoms in total. The molecule has 5 heteroatoms. The highest BCUT2D eigenvalue weighted by atomic mass is 35.5. The van der Waals surface area contributed by atoms with Gasteiger partial charge in [0.05, 0.1) is 27.5 Å². The molecule has 112 valence electrons. The van der Waals surface area contributed by atoms with Crippen LogP contribution < -0.4 is 15.8 Å². The summed E-state index contributed by atoms with van der Waals surface area (Å²) in [6, 6.07) is 11.1. The number of nitrogen functional groups attached to an aromatic ring is 1. The van der Waals surface area contributed by atoms with Gasteiger partial charge < -0.3 is 15.8 Å². The minimum atomic E-state index is 0.176. The van der Waals surface area contributed by atoms with E-state index in [0.29, 0.717) is 21.4 Å². The number of benzene rings is 2. The monoisotopic (exact) mass is 324 g/mol. The number of ether oxygens (including phenoxy) is 1. The molecule has 3 N–H and O–H groups in total. The van der Waals surface area contributed by atoms with E-state index in [9.17, 15) is 0 Å². The maximum Gasteiger partial charge on any atom is 0.121 e. The molecule has 0 saturated carbocycles. The molecule has 0 aliphatic carbocycles. The summed E-state index contributed by atoms with van der Waals surface area (Å²) < 4.78 is 5.80. The van der Waals surface area contributed by atoms with Gasteiger partial charge in [0.2, 0.25) is 0 Å². The Hall–Kier alpha value is -1.58. The normalized spacial score (nSPS) is 12.0. The van der Waals surface area contributed by atoms with E-state index in [-0.39, 0.29) is 6.10 Å². The van der Waals surface area contributed by atoms with Gasteiger partial charge in [-0.1, -0.05) is 36.2 Å². The van der Waals surface area contributed by atoms with E-state index in [1.165, 1.54) is 0 Å². The number of nitrogens with two attached hydrogens (primary N) is 1. The zero-order valence-corrected chi connectivity index (χ0v) is 13.5. The highest BCUT2D eigenvalue weighted by Gasteiger charge is 2.07. The molecule has 0 aliphatic rings. The van der Waals surface area contributed by atoms with Gasteiger partial charge in [0.15, 0.2) is 0 Å². The molecule has 0 aromatic heterocycles. The molecule has 2 aromatic rings. The Balaban J connectivity index is 2.20. The molecule has 0 aliphatic heterocycles. The van der Waals surface area contributed by atoms with Crippen molar-refractivity contribution in [2.24, 2.45) is 0 Å². The van der Waals surface area contributed by atoms with Gasteiger partial charge >= 0.3 is 0 Å². The van der Waals surface area contributed by atoms with Crippen LogP contribution in [0.4, 0.5) is 17.1 Å². The first-order chi connectivity index (χ1) is 9.99. The summed E-state index contributed by atoms with van der Waals surface area (Å²) in [5, 5.41) is 4.12. The second kappa shape index (κ2) is 6.92. The highest BCUT2D eigenvalue weighted by Crippen LogP contribution is 2.33. The first-order valence-corrected chi connectivity index (χ1v) is 7.53. The van der Waals surface area contributed by atoms with Gasteiger partial charge in [-0.3, -0.25) is 0 Å². The molecular weight excluding hydrogens is 307 g/mol. The average molecular weight is 325 g/mol. The van der Waals surface area contributed by atoms with Crippen molar-refractivity contribution in [2.45, 2.75) is 26.4 Å². The maximum atomic E-state index is 6.02. The van der Waals surface area contributed by atoms with Crippen molar-refractivity contribution in [1.29, 1.82) is 0 Å². The van der Waals surface area contributed by atoms with E-state index in [1.807, 2.05) is 31.2 Å². The fraction of sp³-hybridized carbons (Fsp3) is 0.250. The van der Waals surface area contributed by atoms with E-state index >= 15 is 0 Å². The van der Waals surface area contributed by atoms with Crippen LogP contribution in [0.5, 0.6) is 5.75 Å². The quantitative estimate of drug-likeness (QED) is 0.714. The second-order valence-corrected chi connectivity index (χ2v) is 5.66. The van der Waals surface area contributed by atoms with Gasteiger partial charge in [-0.05, 0) is 37.6 Å². The molecule has 0 fully saturated rings. The van der Waals surface area contributed by atoms with Crippen LogP contribution in [0.1, 0.15) is 20.3 Å². The summed E-state index contributed by atoms with van der Waals surface area (Å²) in [4.78, 5) is 0. The Morgan fingerprint density at radius 1 is 1.19 bits per heavy atom. The number of hydrogen-bond acceptors (Lipinski definition) is 3. The Morgan fingerprint density at radius 2 is 1.90 bits per heavy atom. The zero-order chi connectivity index (χ0) is 15.4. The third kappa shape index (κ3) is 4.19.